The number of ether oxygens (including phenoxy) is 2. The summed E-state index contributed by atoms with van der Waals surface area (Å²) in [5, 5.41) is 3.20. The number of methoxy groups -OCH3 is 2. The minimum Gasteiger partial charge on any atom is -0.493 e. The number of rotatable bonds is 4. The van der Waals surface area contributed by atoms with Crippen LogP contribution in [0.3, 0.4) is 0 Å². The van der Waals surface area contributed by atoms with Gasteiger partial charge in [-0.25, -0.2) is 0 Å². The summed E-state index contributed by atoms with van der Waals surface area (Å²) in [6.07, 6.45) is 9.12. The van der Waals surface area contributed by atoms with Crippen LogP contribution in [0.4, 0.5) is 0 Å². The smallest absolute Gasteiger partial charge is 0.217 e. The molecule has 5 rings (SSSR count). The van der Waals surface area contributed by atoms with Gasteiger partial charge in [0, 0.05) is 18.4 Å². The maximum absolute atomic E-state index is 11.9. The number of amides is 1. The average molecular weight is 399 g/mol. The van der Waals surface area contributed by atoms with E-state index in [2.05, 4.69) is 22.3 Å². The predicted octanol–water partition coefficient (Wildman–Crippen LogP) is 3.81. The molecule has 2 bridgehead atoms. The summed E-state index contributed by atoms with van der Waals surface area (Å²) in [5.41, 5.74) is 2.71. The summed E-state index contributed by atoms with van der Waals surface area (Å²) >= 11 is 0. The lowest BCUT2D eigenvalue weighted by atomic mass is 9.73. The number of nitrogens with one attached hydrogen (secondary N) is 1. The van der Waals surface area contributed by atoms with Gasteiger partial charge >= 0.3 is 0 Å². The highest BCUT2D eigenvalue weighted by Crippen LogP contribution is 2.55. The molecule has 1 heterocycles. The minimum atomic E-state index is 0.0344. The first-order valence-electron chi connectivity index (χ1n) is 11.3. The zero-order chi connectivity index (χ0) is 20.2. The fourth-order valence-electron chi connectivity index (χ4n) is 7.04. The fourth-order valence-corrected chi connectivity index (χ4v) is 7.04. The van der Waals surface area contributed by atoms with Crippen LogP contribution in [0.2, 0.25) is 0 Å². The molecule has 4 atom stereocenters. The summed E-state index contributed by atoms with van der Waals surface area (Å²) < 4.78 is 11.2. The second kappa shape index (κ2) is 7.19. The van der Waals surface area contributed by atoms with Gasteiger partial charge in [-0.2, -0.15) is 0 Å². The number of carbonyl (C=O) groups excluding carboxylic acids is 1. The van der Waals surface area contributed by atoms with Crippen molar-refractivity contribution >= 4 is 5.91 Å². The zero-order valence-electron chi connectivity index (χ0n) is 18.0. The Morgan fingerprint density at radius 1 is 1.10 bits per heavy atom. The van der Waals surface area contributed by atoms with Crippen LogP contribution in [0.5, 0.6) is 11.5 Å². The van der Waals surface area contributed by atoms with E-state index in [0.29, 0.717) is 0 Å². The molecule has 158 valence electrons. The van der Waals surface area contributed by atoms with E-state index in [4.69, 9.17) is 9.47 Å². The number of likely N-dealkylation sites (tertiary alicyclic amines) is 1. The SMILES string of the molecule is COc1cc2c(cc1OC)C1(CCN([C@H]3CC4CC[C@@H]3C4)CC1)C[C@@H]2NC(C)=O. The molecule has 1 unspecified atom stereocenters. The molecule has 4 aliphatic rings. The van der Waals surface area contributed by atoms with Gasteiger partial charge in [-0.15, -0.1) is 0 Å². The van der Waals surface area contributed by atoms with Crippen molar-refractivity contribution in [3.63, 3.8) is 0 Å². The second-order valence-electron chi connectivity index (χ2n) is 9.81. The minimum absolute atomic E-state index is 0.0344. The van der Waals surface area contributed by atoms with Crippen molar-refractivity contribution in [2.75, 3.05) is 27.3 Å². The molecule has 5 heteroatoms. The lowest BCUT2D eigenvalue weighted by Crippen LogP contribution is -2.48. The zero-order valence-corrected chi connectivity index (χ0v) is 18.0. The van der Waals surface area contributed by atoms with Crippen LogP contribution in [0, 0.1) is 11.8 Å². The monoisotopic (exact) mass is 398 g/mol. The van der Waals surface area contributed by atoms with E-state index in [1.165, 1.54) is 62.7 Å². The van der Waals surface area contributed by atoms with Crippen molar-refractivity contribution in [3.8, 4) is 11.5 Å². The van der Waals surface area contributed by atoms with E-state index >= 15 is 0 Å². The van der Waals surface area contributed by atoms with Crippen LogP contribution in [0.15, 0.2) is 12.1 Å². The van der Waals surface area contributed by atoms with Gasteiger partial charge in [-0.3, -0.25) is 4.79 Å². The number of benzene rings is 1. The average Bonchev–Trinajstić information content (AvgIpc) is 3.42. The topological polar surface area (TPSA) is 50.8 Å². The third-order valence-electron chi connectivity index (χ3n) is 8.40. The van der Waals surface area contributed by atoms with Crippen LogP contribution in [-0.4, -0.2) is 44.2 Å². The molecule has 1 aromatic rings. The fraction of sp³-hybridized carbons (Fsp3) is 0.708. The maximum Gasteiger partial charge on any atom is 0.217 e. The summed E-state index contributed by atoms with van der Waals surface area (Å²) in [5.74, 6) is 3.52. The molecule has 1 amide bonds. The third-order valence-corrected chi connectivity index (χ3v) is 8.40. The van der Waals surface area contributed by atoms with E-state index in [9.17, 15) is 4.79 Å². The van der Waals surface area contributed by atoms with E-state index in [1.807, 2.05) is 0 Å². The molecule has 1 aliphatic heterocycles. The van der Waals surface area contributed by atoms with Gasteiger partial charge in [0.15, 0.2) is 11.5 Å². The number of piperidine rings is 1. The Hall–Kier alpha value is -1.75. The second-order valence-corrected chi connectivity index (χ2v) is 9.81. The highest BCUT2D eigenvalue weighted by atomic mass is 16.5. The van der Waals surface area contributed by atoms with Crippen molar-refractivity contribution in [1.82, 2.24) is 10.2 Å². The normalized spacial score (nSPS) is 32.4. The molecule has 2 saturated carbocycles. The Morgan fingerprint density at radius 2 is 1.83 bits per heavy atom. The van der Waals surface area contributed by atoms with Gasteiger partial charge in [0.05, 0.1) is 20.3 Å². The molecular formula is C24H34N2O3. The van der Waals surface area contributed by atoms with Gasteiger partial charge in [0.2, 0.25) is 5.91 Å². The lowest BCUT2D eigenvalue weighted by molar-refractivity contribution is -0.119. The van der Waals surface area contributed by atoms with Gasteiger partial charge in [0.25, 0.3) is 0 Å². The molecular weight excluding hydrogens is 364 g/mol. The first-order chi connectivity index (χ1) is 14.0. The van der Waals surface area contributed by atoms with Gasteiger partial charge in [0.1, 0.15) is 0 Å². The molecule has 0 aromatic heterocycles. The van der Waals surface area contributed by atoms with Crippen LogP contribution in [-0.2, 0) is 10.2 Å². The van der Waals surface area contributed by atoms with E-state index < -0.39 is 0 Å². The van der Waals surface area contributed by atoms with Crippen molar-refractivity contribution < 1.29 is 14.3 Å². The van der Waals surface area contributed by atoms with Gasteiger partial charge < -0.3 is 19.7 Å². The van der Waals surface area contributed by atoms with Gasteiger partial charge in [-0.05, 0) is 86.7 Å². The Morgan fingerprint density at radius 3 is 2.41 bits per heavy atom. The molecule has 3 aliphatic carbocycles. The summed E-state index contributed by atoms with van der Waals surface area (Å²) in [6.45, 7) is 3.96. The van der Waals surface area contributed by atoms with Crippen molar-refractivity contribution in [2.45, 2.75) is 69.4 Å². The summed E-state index contributed by atoms with van der Waals surface area (Å²) in [7, 11) is 3.38. The molecule has 5 nitrogen and oxygen atoms in total. The molecule has 0 radical (unpaired) electrons. The maximum atomic E-state index is 11.9. The number of fused-ring (bicyclic) bond motifs is 4. The Bertz CT molecular complexity index is 800. The molecule has 29 heavy (non-hydrogen) atoms. The highest BCUT2D eigenvalue weighted by Gasteiger charge is 2.49. The van der Waals surface area contributed by atoms with Crippen LogP contribution >= 0.6 is 0 Å². The summed E-state index contributed by atoms with van der Waals surface area (Å²) in [6, 6.07) is 5.16. The first kappa shape index (κ1) is 19.2. The number of carbonyl (C=O) groups is 1. The van der Waals surface area contributed by atoms with Crippen LogP contribution < -0.4 is 14.8 Å². The highest BCUT2D eigenvalue weighted by molar-refractivity contribution is 5.74. The third kappa shape index (κ3) is 3.13. The molecule has 1 saturated heterocycles. The molecule has 3 fully saturated rings. The number of hydrogen-bond donors (Lipinski definition) is 1. The Balaban J connectivity index is 1.41. The predicted molar refractivity (Wildman–Crippen MR) is 112 cm³/mol. The summed E-state index contributed by atoms with van der Waals surface area (Å²) in [4.78, 5) is 14.7. The Kier molecular flexibility index (Phi) is 4.77. The van der Waals surface area contributed by atoms with Crippen molar-refractivity contribution in [1.29, 1.82) is 0 Å². The number of hydrogen-bond acceptors (Lipinski definition) is 4. The van der Waals surface area contributed by atoms with Crippen LogP contribution in [0.1, 0.15) is 69.0 Å². The molecule has 1 spiro atoms. The van der Waals surface area contributed by atoms with Gasteiger partial charge in [-0.1, -0.05) is 6.42 Å². The van der Waals surface area contributed by atoms with E-state index in [-0.39, 0.29) is 17.4 Å². The Labute approximate surface area is 174 Å². The van der Waals surface area contributed by atoms with E-state index in [1.54, 1.807) is 21.1 Å². The molecule has 1 aromatic carbocycles. The van der Waals surface area contributed by atoms with E-state index in [0.717, 1.165) is 35.8 Å². The standard InChI is InChI=1S/C24H34N2O3/c1-15(27)25-20-14-24(19-13-23(29-3)22(28-2)12-18(19)20)6-8-26(9-7-24)21-11-16-4-5-17(21)10-16/h12-13,16-17,20-21H,4-11,14H2,1-3H3,(H,25,27)/t16?,17-,20+,21+/m1/s1. The first-order valence-corrected chi connectivity index (χ1v) is 11.3. The number of nitrogens with zero attached hydrogens (tertiary/aromatic N) is 1. The van der Waals surface area contributed by atoms with Crippen LogP contribution in [0.25, 0.3) is 0 Å². The lowest BCUT2D eigenvalue weighted by Gasteiger charge is -2.44. The van der Waals surface area contributed by atoms with Crippen molar-refractivity contribution in [2.24, 2.45) is 11.8 Å². The largest absolute Gasteiger partial charge is 0.493 e. The van der Waals surface area contributed by atoms with Crippen molar-refractivity contribution in [3.05, 3.63) is 23.3 Å². The quantitative estimate of drug-likeness (QED) is 0.838. The molecule has 1 N–H and O–H groups in total.